The van der Waals surface area contributed by atoms with Gasteiger partial charge in [0.1, 0.15) is 5.82 Å². The van der Waals surface area contributed by atoms with E-state index in [9.17, 15) is 4.39 Å². The number of halogens is 1. The topological polar surface area (TPSA) is 42.2 Å². The summed E-state index contributed by atoms with van der Waals surface area (Å²) < 4.78 is 16.3. The van der Waals surface area contributed by atoms with E-state index in [4.69, 9.17) is 4.98 Å². The van der Waals surface area contributed by atoms with Crippen LogP contribution >= 0.6 is 0 Å². The highest BCUT2D eigenvalue weighted by atomic mass is 19.1. The van der Waals surface area contributed by atoms with Crippen molar-refractivity contribution in [2.45, 2.75) is 13.8 Å². The van der Waals surface area contributed by atoms with Crippen molar-refractivity contribution in [1.29, 1.82) is 0 Å². The van der Waals surface area contributed by atoms with Crippen LogP contribution in [-0.2, 0) is 0 Å². The van der Waals surface area contributed by atoms with Gasteiger partial charge in [0.05, 0.1) is 22.9 Å². The minimum atomic E-state index is -0.262. The number of hydrogen-bond acceptors (Lipinski definition) is 3. The van der Waals surface area contributed by atoms with Crippen molar-refractivity contribution in [1.82, 2.24) is 14.4 Å². The molecule has 4 rings (SSSR count). The van der Waals surface area contributed by atoms with Gasteiger partial charge in [0, 0.05) is 12.1 Å². The molecule has 0 aliphatic rings. The molecule has 0 spiro atoms. The van der Waals surface area contributed by atoms with Crippen molar-refractivity contribution < 1.29 is 4.39 Å². The number of aromatic nitrogens is 3. The standard InChI is InChI=1S/C20H19FN4/c1-13(2)11-22-19-20-23-12-18(14-7-3-4-8-15(14)21)25(20)17-10-6-5-9-16(17)24-19/h3-10,12-13H,11H2,1-2H3,(H,22,24). The molecule has 0 aliphatic heterocycles. The predicted octanol–water partition coefficient (Wildman–Crippen LogP) is 4.76. The summed E-state index contributed by atoms with van der Waals surface area (Å²) in [6.07, 6.45) is 1.71. The molecular weight excluding hydrogens is 315 g/mol. The van der Waals surface area contributed by atoms with Crippen molar-refractivity contribution in [3.05, 3.63) is 60.5 Å². The largest absolute Gasteiger partial charge is 0.367 e. The average Bonchev–Trinajstić information content (AvgIpc) is 3.05. The second kappa shape index (κ2) is 6.16. The Balaban J connectivity index is 2.02. The van der Waals surface area contributed by atoms with Gasteiger partial charge >= 0.3 is 0 Å². The molecule has 4 aromatic rings. The highest BCUT2D eigenvalue weighted by Crippen LogP contribution is 2.29. The Kier molecular flexibility index (Phi) is 3.84. The first kappa shape index (κ1) is 15.6. The number of benzene rings is 2. The maximum absolute atomic E-state index is 14.4. The number of fused-ring (bicyclic) bond motifs is 3. The number of nitrogens with one attached hydrogen (secondary N) is 1. The van der Waals surface area contributed by atoms with Gasteiger partial charge in [-0.1, -0.05) is 38.1 Å². The van der Waals surface area contributed by atoms with Gasteiger partial charge in [-0.05, 0) is 30.2 Å². The van der Waals surface area contributed by atoms with E-state index in [0.717, 1.165) is 29.1 Å². The van der Waals surface area contributed by atoms with Gasteiger partial charge < -0.3 is 5.32 Å². The Morgan fingerprint density at radius 2 is 1.84 bits per heavy atom. The van der Waals surface area contributed by atoms with Gasteiger partial charge in [0.2, 0.25) is 0 Å². The first-order valence-corrected chi connectivity index (χ1v) is 8.40. The van der Waals surface area contributed by atoms with Crippen LogP contribution in [0.2, 0.25) is 0 Å². The molecule has 0 aliphatic carbocycles. The van der Waals surface area contributed by atoms with Crippen molar-refractivity contribution in [3.8, 4) is 11.3 Å². The molecule has 0 bridgehead atoms. The monoisotopic (exact) mass is 334 g/mol. The van der Waals surface area contributed by atoms with Crippen molar-refractivity contribution in [3.63, 3.8) is 0 Å². The second-order valence-electron chi connectivity index (χ2n) is 6.51. The third-order valence-corrected chi connectivity index (χ3v) is 4.16. The molecule has 0 fully saturated rings. The van der Waals surface area contributed by atoms with E-state index < -0.39 is 0 Å². The van der Waals surface area contributed by atoms with Gasteiger partial charge in [-0.2, -0.15) is 0 Å². The Bertz CT molecular complexity index is 1050. The molecule has 1 N–H and O–H groups in total. The molecule has 0 saturated heterocycles. The number of imidazole rings is 1. The normalized spacial score (nSPS) is 11.5. The van der Waals surface area contributed by atoms with E-state index in [-0.39, 0.29) is 5.82 Å². The van der Waals surface area contributed by atoms with Gasteiger partial charge in [-0.3, -0.25) is 4.40 Å². The van der Waals surface area contributed by atoms with Crippen molar-refractivity contribution in [2.75, 3.05) is 11.9 Å². The van der Waals surface area contributed by atoms with Crippen LogP contribution in [0.5, 0.6) is 0 Å². The molecule has 126 valence electrons. The van der Waals surface area contributed by atoms with Crippen LogP contribution in [0.25, 0.3) is 27.9 Å². The van der Waals surface area contributed by atoms with E-state index in [1.54, 1.807) is 18.3 Å². The van der Waals surface area contributed by atoms with Crippen LogP contribution in [0, 0.1) is 11.7 Å². The Morgan fingerprint density at radius 1 is 1.08 bits per heavy atom. The smallest absolute Gasteiger partial charge is 0.181 e. The molecular formula is C20H19FN4. The third-order valence-electron chi connectivity index (χ3n) is 4.16. The lowest BCUT2D eigenvalue weighted by Gasteiger charge is -2.12. The second-order valence-corrected chi connectivity index (χ2v) is 6.51. The van der Waals surface area contributed by atoms with Crippen molar-refractivity contribution in [2.24, 2.45) is 5.92 Å². The lowest BCUT2D eigenvalue weighted by Crippen LogP contribution is -2.11. The van der Waals surface area contributed by atoms with Crippen LogP contribution in [0.1, 0.15) is 13.8 Å². The molecule has 0 unspecified atom stereocenters. The zero-order valence-electron chi connectivity index (χ0n) is 14.2. The minimum absolute atomic E-state index is 0.262. The van der Waals surface area contributed by atoms with E-state index in [1.165, 1.54) is 6.07 Å². The van der Waals surface area contributed by atoms with E-state index in [1.807, 2.05) is 34.7 Å². The Labute approximate surface area is 145 Å². The van der Waals surface area contributed by atoms with Crippen LogP contribution in [0.15, 0.2) is 54.7 Å². The fourth-order valence-electron chi connectivity index (χ4n) is 2.96. The number of hydrogen-bond donors (Lipinski definition) is 1. The summed E-state index contributed by atoms with van der Waals surface area (Å²) in [6, 6.07) is 14.6. The fourth-order valence-corrected chi connectivity index (χ4v) is 2.96. The number of rotatable bonds is 4. The highest BCUT2D eigenvalue weighted by molar-refractivity contribution is 5.86. The minimum Gasteiger partial charge on any atom is -0.367 e. The van der Waals surface area contributed by atoms with Gasteiger partial charge in [-0.15, -0.1) is 0 Å². The summed E-state index contributed by atoms with van der Waals surface area (Å²) in [5.41, 5.74) is 3.71. The molecule has 2 aromatic heterocycles. The first-order chi connectivity index (χ1) is 12.1. The summed E-state index contributed by atoms with van der Waals surface area (Å²) in [5, 5.41) is 3.37. The Hall–Kier alpha value is -2.95. The molecule has 0 radical (unpaired) electrons. The van der Waals surface area contributed by atoms with E-state index >= 15 is 0 Å². The SMILES string of the molecule is CC(C)CNc1nc2ccccc2n2c(-c3ccccc3F)cnc12. The van der Waals surface area contributed by atoms with Gasteiger partial charge in [0.15, 0.2) is 11.5 Å². The molecule has 0 atom stereocenters. The molecule has 2 aromatic carbocycles. The zero-order valence-corrected chi connectivity index (χ0v) is 14.2. The summed E-state index contributed by atoms with van der Waals surface area (Å²) >= 11 is 0. The highest BCUT2D eigenvalue weighted by Gasteiger charge is 2.16. The summed E-state index contributed by atoms with van der Waals surface area (Å²) in [4.78, 5) is 9.25. The number of para-hydroxylation sites is 2. The molecule has 4 nitrogen and oxygen atoms in total. The predicted molar refractivity (Wildman–Crippen MR) is 99.2 cm³/mol. The quantitative estimate of drug-likeness (QED) is 0.585. The number of anilines is 1. The summed E-state index contributed by atoms with van der Waals surface area (Å²) in [5.74, 6) is 0.936. The molecule has 0 amide bonds. The zero-order chi connectivity index (χ0) is 17.4. The van der Waals surface area contributed by atoms with Gasteiger partial charge in [-0.25, -0.2) is 14.4 Å². The molecule has 25 heavy (non-hydrogen) atoms. The average molecular weight is 334 g/mol. The van der Waals surface area contributed by atoms with E-state index in [0.29, 0.717) is 17.1 Å². The first-order valence-electron chi connectivity index (χ1n) is 8.40. The Morgan fingerprint density at radius 3 is 2.64 bits per heavy atom. The van der Waals surface area contributed by atoms with Crippen LogP contribution in [0.4, 0.5) is 10.2 Å². The van der Waals surface area contributed by atoms with Crippen LogP contribution in [-0.4, -0.2) is 20.9 Å². The van der Waals surface area contributed by atoms with Crippen molar-refractivity contribution >= 4 is 22.5 Å². The number of nitrogens with zero attached hydrogens (tertiary/aromatic N) is 3. The van der Waals surface area contributed by atoms with Crippen LogP contribution in [0.3, 0.4) is 0 Å². The lowest BCUT2D eigenvalue weighted by molar-refractivity contribution is 0.630. The summed E-state index contributed by atoms with van der Waals surface area (Å²) in [6.45, 7) is 5.08. The molecule has 5 heteroatoms. The fraction of sp³-hybridized carbons (Fsp3) is 0.200. The summed E-state index contributed by atoms with van der Waals surface area (Å²) in [7, 11) is 0. The van der Waals surface area contributed by atoms with E-state index in [2.05, 4.69) is 24.1 Å². The lowest BCUT2D eigenvalue weighted by atomic mass is 10.1. The van der Waals surface area contributed by atoms with Crippen LogP contribution < -0.4 is 5.32 Å². The van der Waals surface area contributed by atoms with Gasteiger partial charge in [0.25, 0.3) is 0 Å². The maximum Gasteiger partial charge on any atom is 0.181 e. The molecule has 0 saturated carbocycles. The maximum atomic E-state index is 14.4. The third kappa shape index (κ3) is 2.71. The molecule has 2 heterocycles.